The van der Waals surface area contributed by atoms with Crippen LogP contribution in [0.1, 0.15) is 18.7 Å². The Bertz CT molecular complexity index is 603. The van der Waals surface area contributed by atoms with E-state index >= 15 is 0 Å². The fourth-order valence-corrected chi connectivity index (χ4v) is 2.37. The summed E-state index contributed by atoms with van der Waals surface area (Å²) in [7, 11) is 0. The number of nitrogens with zero attached hydrogens (tertiary/aromatic N) is 2. The number of hydrogen-bond donors (Lipinski definition) is 1. The molecule has 0 aliphatic carbocycles. The first kappa shape index (κ1) is 13.8. The van der Waals surface area contributed by atoms with Crippen molar-refractivity contribution in [3.05, 3.63) is 42.4 Å². The van der Waals surface area contributed by atoms with Crippen LogP contribution in [0.5, 0.6) is 0 Å². The van der Waals surface area contributed by atoms with E-state index in [0.29, 0.717) is 38.2 Å². The Morgan fingerprint density at radius 2 is 2.10 bits per heavy atom. The van der Waals surface area contributed by atoms with Crippen LogP contribution in [0.2, 0.25) is 0 Å². The predicted molar refractivity (Wildman–Crippen MR) is 77.5 cm³/mol. The van der Waals surface area contributed by atoms with Gasteiger partial charge in [-0.15, -0.1) is 0 Å². The van der Waals surface area contributed by atoms with Crippen molar-refractivity contribution in [3.8, 4) is 11.3 Å². The second-order valence-corrected chi connectivity index (χ2v) is 5.29. The van der Waals surface area contributed by atoms with Crippen molar-refractivity contribution >= 4 is 5.91 Å². The molecule has 3 rings (SSSR count). The van der Waals surface area contributed by atoms with Crippen LogP contribution >= 0.6 is 0 Å². The molecule has 1 amide bonds. The van der Waals surface area contributed by atoms with Crippen LogP contribution in [0, 0.1) is 0 Å². The Kier molecular flexibility index (Phi) is 4.01. The minimum atomic E-state index is -0.339. The minimum absolute atomic E-state index is 0.0927. The third-order valence-corrected chi connectivity index (χ3v) is 3.61. The summed E-state index contributed by atoms with van der Waals surface area (Å²) in [6, 6.07) is 9.82. The maximum Gasteiger partial charge on any atom is 0.222 e. The first-order chi connectivity index (χ1) is 10.2. The van der Waals surface area contributed by atoms with Crippen LogP contribution in [0.25, 0.3) is 11.3 Å². The number of oxazole rings is 1. The van der Waals surface area contributed by atoms with E-state index in [2.05, 4.69) is 4.98 Å². The molecule has 0 saturated carbocycles. The number of amides is 1. The van der Waals surface area contributed by atoms with Crippen LogP contribution < -0.4 is 0 Å². The molecule has 5 nitrogen and oxygen atoms in total. The molecule has 1 N–H and O–H groups in total. The lowest BCUT2D eigenvalue weighted by Gasteiger charge is -2.35. The lowest BCUT2D eigenvalue weighted by Crippen LogP contribution is -2.53. The van der Waals surface area contributed by atoms with Crippen molar-refractivity contribution in [1.82, 2.24) is 9.88 Å². The van der Waals surface area contributed by atoms with E-state index in [1.165, 1.54) is 0 Å². The summed E-state index contributed by atoms with van der Waals surface area (Å²) in [5, 5.41) is 9.16. The van der Waals surface area contributed by atoms with E-state index < -0.39 is 0 Å². The Labute approximate surface area is 123 Å². The summed E-state index contributed by atoms with van der Waals surface area (Å²) in [4.78, 5) is 17.7. The Hall–Kier alpha value is -2.14. The number of likely N-dealkylation sites (tertiary alicyclic amines) is 1. The van der Waals surface area contributed by atoms with Gasteiger partial charge in [0, 0.05) is 31.5 Å². The average Bonchev–Trinajstić information content (AvgIpc) is 2.93. The fourth-order valence-electron chi connectivity index (χ4n) is 2.37. The van der Waals surface area contributed by atoms with Crippen molar-refractivity contribution in [1.29, 1.82) is 0 Å². The topological polar surface area (TPSA) is 66.6 Å². The number of aliphatic hydroxyl groups is 1. The Balaban J connectivity index is 1.48. The van der Waals surface area contributed by atoms with E-state index in [4.69, 9.17) is 9.52 Å². The van der Waals surface area contributed by atoms with Gasteiger partial charge < -0.3 is 14.4 Å². The van der Waals surface area contributed by atoms with Crippen LogP contribution in [-0.2, 0) is 11.2 Å². The summed E-state index contributed by atoms with van der Waals surface area (Å²) >= 11 is 0. The number of β-amino-alcohol motifs (C(OH)–C–C–N with tert-alkyl or cyclic N) is 1. The molecule has 110 valence electrons. The number of benzene rings is 1. The zero-order valence-electron chi connectivity index (χ0n) is 11.7. The summed E-state index contributed by atoms with van der Waals surface area (Å²) in [6.07, 6.45) is 3.21. The molecule has 1 saturated heterocycles. The van der Waals surface area contributed by atoms with Gasteiger partial charge in [-0.05, 0) is 6.42 Å². The van der Waals surface area contributed by atoms with Gasteiger partial charge in [-0.2, -0.15) is 0 Å². The number of aliphatic hydroxyl groups excluding tert-OH is 1. The molecule has 0 bridgehead atoms. The number of hydrogen-bond acceptors (Lipinski definition) is 4. The van der Waals surface area contributed by atoms with E-state index in [0.717, 1.165) is 11.3 Å². The SMILES string of the molecule is O=C(CCCc1ncc(-c2ccccc2)o1)N1CC(O)C1. The molecule has 2 aromatic rings. The fraction of sp³-hybridized carbons (Fsp3) is 0.375. The molecule has 1 aliphatic rings. The van der Waals surface area contributed by atoms with Crippen LogP contribution in [0.3, 0.4) is 0 Å². The standard InChI is InChI=1S/C16H18N2O3/c19-13-10-18(11-13)16(20)8-4-7-15-17-9-14(21-15)12-5-2-1-3-6-12/h1-3,5-6,9,13,19H,4,7-8,10-11H2. The van der Waals surface area contributed by atoms with Gasteiger partial charge in [-0.1, -0.05) is 30.3 Å². The molecule has 1 aromatic heterocycles. The van der Waals surface area contributed by atoms with E-state index in [1.54, 1.807) is 11.1 Å². The third-order valence-electron chi connectivity index (χ3n) is 3.61. The second kappa shape index (κ2) is 6.10. The van der Waals surface area contributed by atoms with Gasteiger partial charge in [0.2, 0.25) is 5.91 Å². The number of rotatable bonds is 5. The van der Waals surface area contributed by atoms with Gasteiger partial charge in [0.25, 0.3) is 0 Å². The van der Waals surface area contributed by atoms with Crippen molar-refractivity contribution in [2.75, 3.05) is 13.1 Å². The highest BCUT2D eigenvalue weighted by molar-refractivity contribution is 5.77. The molecule has 0 radical (unpaired) electrons. The highest BCUT2D eigenvalue weighted by Crippen LogP contribution is 2.20. The van der Waals surface area contributed by atoms with Crippen LogP contribution in [0.4, 0.5) is 0 Å². The molecule has 0 unspecified atom stereocenters. The zero-order chi connectivity index (χ0) is 14.7. The molecule has 21 heavy (non-hydrogen) atoms. The van der Waals surface area contributed by atoms with Crippen molar-refractivity contribution in [2.45, 2.75) is 25.4 Å². The highest BCUT2D eigenvalue weighted by Gasteiger charge is 2.28. The van der Waals surface area contributed by atoms with E-state index in [-0.39, 0.29) is 12.0 Å². The summed E-state index contributed by atoms with van der Waals surface area (Å²) in [6.45, 7) is 0.936. The zero-order valence-corrected chi connectivity index (χ0v) is 11.7. The largest absolute Gasteiger partial charge is 0.441 e. The quantitative estimate of drug-likeness (QED) is 0.911. The van der Waals surface area contributed by atoms with Gasteiger partial charge in [0.05, 0.1) is 12.3 Å². The molecule has 0 spiro atoms. The molecule has 1 aliphatic heterocycles. The van der Waals surface area contributed by atoms with Crippen LogP contribution in [-0.4, -0.2) is 40.1 Å². The summed E-state index contributed by atoms with van der Waals surface area (Å²) in [5.41, 5.74) is 1.00. The molecule has 1 aromatic carbocycles. The van der Waals surface area contributed by atoms with E-state index in [9.17, 15) is 4.79 Å². The molecule has 0 atom stereocenters. The highest BCUT2D eigenvalue weighted by atomic mass is 16.4. The van der Waals surface area contributed by atoms with Gasteiger partial charge in [-0.25, -0.2) is 4.98 Å². The van der Waals surface area contributed by atoms with Gasteiger partial charge in [0.15, 0.2) is 11.7 Å². The van der Waals surface area contributed by atoms with Crippen LogP contribution in [0.15, 0.2) is 40.9 Å². The minimum Gasteiger partial charge on any atom is -0.441 e. The molecular weight excluding hydrogens is 268 g/mol. The number of aromatic nitrogens is 1. The molecule has 5 heteroatoms. The van der Waals surface area contributed by atoms with Crippen molar-refractivity contribution < 1.29 is 14.3 Å². The molecule has 2 heterocycles. The monoisotopic (exact) mass is 286 g/mol. The lowest BCUT2D eigenvalue weighted by molar-refractivity contribution is -0.141. The first-order valence-corrected chi connectivity index (χ1v) is 7.18. The Morgan fingerprint density at radius 3 is 2.81 bits per heavy atom. The number of aryl methyl sites for hydroxylation is 1. The smallest absolute Gasteiger partial charge is 0.222 e. The summed E-state index contributed by atoms with van der Waals surface area (Å²) in [5.74, 6) is 1.50. The average molecular weight is 286 g/mol. The van der Waals surface area contributed by atoms with Crippen molar-refractivity contribution in [2.24, 2.45) is 0 Å². The molecular formula is C16H18N2O3. The van der Waals surface area contributed by atoms with Gasteiger partial charge >= 0.3 is 0 Å². The first-order valence-electron chi connectivity index (χ1n) is 7.18. The Morgan fingerprint density at radius 1 is 1.33 bits per heavy atom. The maximum absolute atomic E-state index is 11.8. The van der Waals surface area contributed by atoms with Crippen molar-refractivity contribution in [3.63, 3.8) is 0 Å². The lowest BCUT2D eigenvalue weighted by atomic mass is 10.1. The maximum atomic E-state index is 11.8. The van der Waals surface area contributed by atoms with Gasteiger partial charge in [0.1, 0.15) is 0 Å². The number of carbonyl (C=O) groups excluding carboxylic acids is 1. The third kappa shape index (κ3) is 3.31. The van der Waals surface area contributed by atoms with E-state index in [1.807, 2.05) is 30.3 Å². The normalized spacial score (nSPS) is 15.0. The summed E-state index contributed by atoms with van der Waals surface area (Å²) < 4.78 is 5.69. The predicted octanol–water partition coefficient (Wildman–Crippen LogP) is 1.87. The molecule has 1 fully saturated rings. The number of carbonyl (C=O) groups is 1. The second-order valence-electron chi connectivity index (χ2n) is 5.29. The van der Waals surface area contributed by atoms with Gasteiger partial charge in [-0.3, -0.25) is 4.79 Å².